The van der Waals surface area contributed by atoms with E-state index in [1.165, 1.54) is 21.2 Å². The van der Waals surface area contributed by atoms with Gasteiger partial charge in [-0.25, -0.2) is 0 Å². The van der Waals surface area contributed by atoms with Crippen LogP contribution in [-0.2, 0) is 0 Å². The van der Waals surface area contributed by atoms with Gasteiger partial charge in [-0.05, 0) is 41.5 Å². The summed E-state index contributed by atoms with van der Waals surface area (Å²) >= 11 is 1.83. The Hall–Kier alpha value is -3.23. The van der Waals surface area contributed by atoms with Crippen LogP contribution in [0.25, 0.3) is 5.57 Å². The summed E-state index contributed by atoms with van der Waals surface area (Å²) in [6.45, 7) is 4.43. The molecule has 4 aromatic rings. The SMILES string of the molecule is C=C(c1ccccc1)c1ccccc1N1c2ccccc2Sc2ccccc21. The molecule has 0 bridgehead atoms. The van der Waals surface area contributed by atoms with E-state index in [4.69, 9.17) is 0 Å². The Morgan fingerprint density at radius 3 is 1.71 bits per heavy atom. The van der Waals surface area contributed by atoms with Crippen LogP contribution in [0.1, 0.15) is 11.1 Å². The maximum atomic E-state index is 4.43. The molecule has 134 valence electrons. The third-order valence-corrected chi connectivity index (χ3v) is 6.15. The zero-order chi connectivity index (χ0) is 18.9. The van der Waals surface area contributed by atoms with E-state index in [1.54, 1.807) is 0 Å². The zero-order valence-corrected chi connectivity index (χ0v) is 16.2. The molecule has 1 aliphatic heterocycles. The number of fused-ring (bicyclic) bond motifs is 2. The Balaban J connectivity index is 1.72. The fourth-order valence-electron chi connectivity index (χ4n) is 3.68. The standard InChI is InChI=1S/C26H19NS/c1-19(20-11-3-2-4-12-20)21-13-5-6-14-22(21)27-23-15-7-9-17-25(23)28-26-18-10-8-16-24(26)27/h2-18H,1H2. The van der Waals surface area contributed by atoms with E-state index in [2.05, 4.69) is 109 Å². The largest absolute Gasteiger partial charge is 0.308 e. The van der Waals surface area contributed by atoms with Crippen molar-refractivity contribution in [3.63, 3.8) is 0 Å². The molecule has 0 aliphatic carbocycles. The molecule has 1 heterocycles. The molecular weight excluding hydrogens is 358 g/mol. The maximum Gasteiger partial charge on any atom is 0.0601 e. The van der Waals surface area contributed by atoms with Crippen LogP contribution in [0.15, 0.2) is 119 Å². The summed E-state index contributed by atoms with van der Waals surface area (Å²) in [4.78, 5) is 4.90. The molecular formula is C26H19NS. The van der Waals surface area contributed by atoms with Gasteiger partial charge in [0, 0.05) is 15.4 Å². The smallest absolute Gasteiger partial charge is 0.0601 e. The average molecular weight is 378 g/mol. The summed E-state index contributed by atoms with van der Waals surface area (Å²) in [7, 11) is 0. The van der Waals surface area contributed by atoms with Crippen molar-refractivity contribution in [1.29, 1.82) is 0 Å². The highest BCUT2D eigenvalue weighted by molar-refractivity contribution is 7.99. The van der Waals surface area contributed by atoms with Crippen LogP contribution in [0.5, 0.6) is 0 Å². The second kappa shape index (κ2) is 7.06. The molecule has 0 N–H and O–H groups in total. The Morgan fingerprint density at radius 2 is 1.07 bits per heavy atom. The minimum absolute atomic E-state index is 1.03. The lowest BCUT2D eigenvalue weighted by Gasteiger charge is -2.34. The van der Waals surface area contributed by atoms with Gasteiger partial charge in [0.05, 0.1) is 17.1 Å². The number of nitrogens with zero attached hydrogens (tertiary/aromatic N) is 1. The zero-order valence-electron chi connectivity index (χ0n) is 15.4. The van der Waals surface area contributed by atoms with Crippen LogP contribution in [0.4, 0.5) is 17.1 Å². The van der Waals surface area contributed by atoms with Crippen LogP contribution in [-0.4, -0.2) is 0 Å². The monoisotopic (exact) mass is 377 g/mol. The topological polar surface area (TPSA) is 3.24 Å². The molecule has 0 atom stereocenters. The van der Waals surface area contributed by atoms with E-state index in [0.29, 0.717) is 0 Å². The molecule has 28 heavy (non-hydrogen) atoms. The fourth-order valence-corrected chi connectivity index (χ4v) is 4.74. The second-order valence-corrected chi connectivity index (χ2v) is 7.82. The fraction of sp³-hybridized carbons (Fsp3) is 0. The van der Waals surface area contributed by atoms with Gasteiger partial charge in [0.2, 0.25) is 0 Å². The molecule has 0 amide bonds. The van der Waals surface area contributed by atoms with Gasteiger partial charge in [0.15, 0.2) is 0 Å². The molecule has 0 fully saturated rings. The minimum atomic E-state index is 1.03. The van der Waals surface area contributed by atoms with E-state index in [-0.39, 0.29) is 0 Å². The lowest BCUT2D eigenvalue weighted by molar-refractivity contribution is 1.16. The molecule has 1 nitrogen and oxygen atoms in total. The lowest BCUT2D eigenvalue weighted by atomic mass is 9.97. The number of rotatable bonds is 3. The van der Waals surface area contributed by atoms with Crippen molar-refractivity contribution in [3.05, 3.63) is 121 Å². The first-order valence-corrected chi connectivity index (χ1v) is 10.1. The van der Waals surface area contributed by atoms with Gasteiger partial charge in [-0.1, -0.05) is 91.1 Å². The maximum absolute atomic E-state index is 4.43. The van der Waals surface area contributed by atoms with Crippen LogP contribution in [0, 0.1) is 0 Å². The Bertz CT molecular complexity index is 1120. The molecule has 0 saturated carbocycles. The number of hydrogen-bond donors (Lipinski definition) is 0. The Kier molecular flexibility index (Phi) is 4.27. The molecule has 5 rings (SSSR count). The first-order chi connectivity index (χ1) is 13.8. The molecule has 2 heteroatoms. The first kappa shape index (κ1) is 16.9. The van der Waals surface area contributed by atoms with E-state index >= 15 is 0 Å². The predicted octanol–water partition coefficient (Wildman–Crippen LogP) is 7.68. The van der Waals surface area contributed by atoms with Gasteiger partial charge in [0.1, 0.15) is 0 Å². The highest BCUT2D eigenvalue weighted by Crippen LogP contribution is 2.52. The van der Waals surface area contributed by atoms with Crippen molar-refractivity contribution in [2.75, 3.05) is 4.90 Å². The summed E-state index contributed by atoms with van der Waals surface area (Å²) in [5.41, 5.74) is 6.88. The van der Waals surface area contributed by atoms with Gasteiger partial charge in [-0.2, -0.15) is 0 Å². The van der Waals surface area contributed by atoms with Crippen molar-refractivity contribution >= 4 is 34.4 Å². The normalized spacial score (nSPS) is 12.2. The summed E-state index contributed by atoms with van der Waals surface area (Å²) in [6.07, 6.45) is 0. The van der Waals surface area contributed by atoms with Gasteiger partial charge in [-0.15, -0.1) is 0 Å². The van der Waals surface area contributed by atoms with Gasteiger partial charge in [0.25, 0.3) is 0 Å². The molecule has 1 aliphatic rings. The van der Waals surface area contributed by atoms with Crippen molar-refractivity contribution in [2.45, 2.75) is 9.79 Å². The lowest BCUT2D eigenvalue weighted by Crippen LogP contribution is -2.16. The Labute approximate surface area is 170 Å². The summed E-state index contributed by atoms with van der Waals surface area (Å²) in [6, 6.07) is 36.1. The molecule has 0 saturated heterocycles. The van der Waals surface area contributed by atoms with E-state index < -0.39 is 0 Å². The van der Waals surface area contributed by atoms with Gasteiger partial charge in [-0.3, -0.25) is 0 Å². The van der Waals surface area contributed by atoms with Crippen LogP contribution in [0.3, 0.4) is 0 Å². The molecule has 0 radical (unpaired) electrons. The molecule has 0 spiro atoms. The van der Waals surface area contributed by atoms with Crippen molar-refractivity contribution in [2.24, 2.45) is 0 Å². The van der Waals surface area contributed by atoms with E-state index in [1.807, 2.05) is 17.8 Å². The number of hydrogen-bond acceptors (Lipinski definition) is 2. The molecule has 0 aromatic heterocycles. The van der Waals surface area contributed by atoms with Crippen LogP contribution < -0.4 is 4.90 Å². The third-order valence-electron chi connectivity index (χ3n) is 5.02. The van der Waals surface area contributed by atoms with E-state index in [0.717, 1.165) is 22.4 Å². The quantitative estimate of drug-likeness (QED) is 0.317. The number of benzene rings is 4. The summed E-state index contributed by atoms with van der Waals surface area (Å²) < 4.78 is 0. The van der Waals surface area contributed by atoms with Crippen LogP contribution >= 0.6 is 11.8 Å². The molecule has 0 unspecified atom stereocenters. The van der Waals surface area contributed by atoms with Crippen LogP contribution in [0.2, 0.25) is 0 Å². The van der Waals surface area contributed by atoms with Gasteiger partial charge >= 0.3 is 0 Å². The summed E-state index contributed by atoms with van der Waals surface area (Å²) in [5.74, 6) is 0. The average Bonchev–Trinajstić information content (AvgIpc) is 2.77. The number of para-hydroxylation sites is 3. The second-order valence-electron chi connectivity index (χ2n) is 6.73. The van der Waals surface area contributed by atoms with Gasteiger partial charge < -0.3 is 4.90 Å². The van der Waals surface area contributed by atoms with E-state index in [9.17, 15) is 0 Å². The first-order valence-electron chi connectivity index (χ1n) is 9.33. The number of anilines is 3. The third kappa shape index (κ3) is 2.83. The predicted molar refractivity (Wildman–Crippen MR) is 120 cm³/mol. The Morgan fingerprint density at radius 1 is 0.571 bits per heavy atom. The summed E-state index contributed by atoms with van der Waals surface area (Å²) in [5, 5.41) is 0. The van der Waals surface area contributed by atoms with Crippen molar-refractivity contribution in [3.8, 4) is 0 Å². The molecule has 4 aromatic carbocycles. The van der Waals surface area contributed by atoms with Crippen molar-refractivity contribution in [1.82, 2.24) is 0 Å². The minimum Gasteiger partial charge on any atom is -0.308 e. The highest BCUT2D eigenvalue weighted by atomic mass is 32.2. The van der Waals surface area contributed by atoms with Crippen molar-refractivity contribution < 1.29 is 0 Å². The highest BCUT2D eigenvalue weighted by Gasteiger charge is 2.26.